The Morgan fingerprint density at radius 3 is 2.63 bits per heavy atom. The second-order valence-corrected chi connectivity index (χ2v) is 7.48. The number of hydrogen-bond acceptors (Lipinski definition) is 6. The molecule has 8 heteroatoms. The number of thiophene rings is 2. The third-order valence-electron chi connectivity index (χ3n) is 3.61. The molecule has 0 spiro atoms. The van der Waals surface area contributed by atoms with E-state index in [2.05, 4.69) is 5.32 Å². The normalized spacial score (nSPS) is 11.4. The summed E-state index contributed by atoms with van der Waals surface area (Å²) in [6, 6.07) is 12.9. The lowest BCUT2D eigenvalue weighted by Crippen LogP contribution is -2.29. The predicted molar refractivity (Wildman–Crippen MR) is 102 cm³/mol. The fourth-order valence-corrected chi connectivity index (χ4v) is 3.83. The average molecular weight is 400 g/mol. The number of rotatable bonds is 5. The molecule has 0 fully saturated rings. The van der Waals surface area contributed by atoms with Crippen molar-refractivity contribution in [3.63, 3.8) is 0 Å². The van der Waals surface area contributed by atoms with E-state index in [1.165, 1.54) is 41.7 Å². The van der Waals surface area contributed by atoms with Crippen LogP contribution < -0.4 is 5.32 Å². The SMILES string of the molecule is C[C@@H](OC(=O)c1ccc(-c2ccc(F)cc2)s1)C(=O)Nc1sccc1C#N. The molecule has 2 heterocycles. The van der Waals surface area contributed by atoms with Gasteiger partial charge in [0.25, 0.3) is 5.91 Å². The highest BCUT2D eigenvalue weighted by Gasteiger charge is 2.21. The molecule has 27 heavy (non-hydrogen) atoms. The van der Waals surface area contributed by atoms with Crippen LogP contribution in [0, 0.1) is 17.1 Å². The van der Waals surface area contributed by atoms with Crippen LogP contribution in [0.25, 0.3) is 10.4 Å². The first-order chi connectivity index (χ1) is 13.0. The average Bonchev–Trinajstić information content (AvgIpc) is 3.31. The van der Waals surface area contributed by atoms with Crippen LogP contribution in [0.2, 0.25) is 0 Å². The Labute approximate surface area is 162 Å². The third-order valence-corrected chi connectivity index (χ3v) is 5.56. The number of nitriles is 1. The zero-order valence-corrected chi connectivity index (χ0v) is 15.7. The van der Waals surface area contributed by atoms with Gasteiger partial charge in [0, 0.05) is 4.88 Å². The Hall–Kier alpha value is -3.02. The molecule has 2 aromatic heterocycles. The van der Waals surface area contributed by atoms with Crippen molar-refractivity contribution in [3.05, 3.63) is 64.1 Å². The first-order valence-electron chi connectivity index (χ1n) is 7.83. The number of ether oxygens (including phenoxy) is 1. The fraction of sp³-hybridized carbons (Fsp3) is 0.105. The monoisotopic (exact) mass is 400 g/mol. The molecule has 0 unspecified atom stereocenters. The molecule has 3 rings (SSSR count). The van der Waals surface area contributed by atoms with E-state index in [9.17, 15) is 14.0 Å². The predicted octanol–water partition coefficient (Wildman–Crippen LogP) is 4.67. The van der Waals surface area contributed by atoms with Gasteiger partial charge in [0.15, 0.2) is 6.10 Å². The van der Waals surface area contributed by atoms with Crippen LogP contribution in [0.5, 0.6) is 0 Å². The molecular weight excluding hydrogens is 387 g/mol. The number of anilines is 1. The van der Waals surface area contributed by atoms with Crippen molar-refractivity contribution in [1.82, 2.24) is 0 Å². The minimum absolute atomic E-state index is 0.333. The van der Waals surface area contributed by atoms with Crippen molar-refractivity contribution in [3.8, 4) is 16.5 Å². The van der Waals surface area contributed by atoms with Crippen LogP contribution in [0.4, 0.5) is 9.39 Å². The Kier molecular flexibility index (Phi) is 5.64. The van der Waals surface area contributed by atoms with Crippen LogP contribution in [-0.4, -0.2) is 18.0 Å². The summed E-state index contributed by atoms with van der Waals surface area (Å²) in [6.45, 7) is 1.46. The van der Waals surface area contributed by atoms with Gasteiger partial charge in [-0.3, -0.25) is 4.79 Å². The molecule has 0 bridgehead atoms. The molecule has 1 atom stereocenters. The lowest BCUT2D eigenvalue weighted by atomic mass is 10.2. The number of benzene rings is 1. The number of nitrogens with zero attached hydrogens (tertiary/aromatic N) is 1. The number of esters is 1. The molecule has 1 aromatic carbocycles. The van der Waals surface area contributed by atoms with Gasteiger partial charge >= 0.3 is 5.97 Å². The second-order valence-electron chi connectivity index (χ2n) is 5.48. The molecule has 0 saturated carbocycles. The Morgan fingerprint density at radius 2 is 1.93 bits per heavy atom. The summed E-state index contributed by atoms with van der Waals surface area (Å²) in [6.07, 6.45) is -1.03. The zero-order valence-electron chi connectivity index (χ0n) is 14.1. The Morgan fingerprint density at radius 1 is 1.19 bits per heavy atom. The molecule has 0 saturated heterocycles. The highest BCUT2D eigenvalue weighted by Crippen LogP contribution is 2.29. The molecule has 0 radical (unpaired) electrons. The van der Waals surface area contributed by atoms with E-state index >= 15 is 0 Å². The molecule has 5 nitrogen and oxygen atoms in total. The van der Waals surface area contributed by atoms with Gasteiger partial charge < -0.3 is 10.1 Å². The molecule has 0 aliphatic carbocycles. The van der Waals surface area contributed by atoms with Crippen LogP contribution in [-0.2, 0) is 9.53 Å². The van der Waals surface area contributed by atoms with E-state index in [-0.39, 0.29) is 5.82 Å². The lowest BCUT2D eigenvalue weighted by Gasteiger charge is -2.12. The molecular formula is C19H13FN2O3S2. The van der Waals surface area contributed by atoms with Gasteiger partial charge in [-0.2, -0.15) is 5.26 Å². The Bertz CT molecular complexity index is 1020. The second kappa shape index (κ2) is 8.12. The van der Waals surface area contributed by atoms with Crippen molar-refractivity contribution >= 4 is 39.6 Å². The van der Waals surface area contributed by atoms with Crippen molar-refractivity contribution in [1.29, 1.82) is 5.26 Å². The van der Waals surface area contributed by atoms with Crippen molar-refractivity contribution in [2.75, 3.05) is 5.32 Å². The summed E-state index contributed by atoms with van der Waals surface area (Å²) < 4.78 is 18.2. The number of amides is 1. The molecule has 1 N–H and O–H groups in total. The first kappa shape index (κ1) is 18.8. The van der Waals surface area contributed by atoms with Gasteiger partial charge in [-0.25, -0.2) is 9.18 Å². The molecule has 136 valence electrons. The largest absolute Gasteiger partial charge is 0.448 e. The smallest absolute Gasteiger partial charge is 0.349 e. The van der Waals surface area contributed by atoms with Crippen LogP contribution in [0.1, 0.15) is 22.2 Å². The summed E-state index contributed by atoms with van der Waals surface area (Å²) in [5.74, 6) is -1.47. The van der Waals surface area contributed by atoms with E-state index in [4.69, 9.17) is 10.00 Å². The molecule has 0 aliphatic rings. The van der Waals surface area contributed by atoms with E-state index < -0.39 is 18.0 Å². The van der Waals surface area contributed by atoms with Gasteiger partial charge in [0.05, 0.1) is 5.56 Å². The number of carbonyl (C=O) groups is 2. The minimum Gasteiger partial charge on any atom is -0.448 e. The Balaban J connectivity index is 1.64. The number of halogens is 1. The number of carbonyl (C=O) groups excluding carboxylic acids is 2. The maximum Gasteiger partial charge on any atom is 0.349 e. The van der Waals surface area contributed by atoms with Gasteiger partial charge in [0.2, 0.25) is 0 Å². The fourth-order valence-electron chi connectivity index (χ4n) is 2.20. The van der Waals surface area contributed by atoms with E-state index in [1.807, 2.05) is 6.07 Å². The number of hydrogen-bond donors (Lipinski definition) is 1. The van der Waals surface area contributed by atoms with Gasteiger partial charge in [-0.05, 0) is 48.2 Å². The maximum atomic E-state index is 13.0. The zero-order chi connectivity index (χ0) is 19.4. The van der Waals surface area contributed by atoms with Crippen LogP contribution in [0.15, 0.2) is 47.8 Å². The van der Waals surface area contributed by atoms with E-state index in [1.54, 1.807) is 35.7 Å². The first-order valence-corrected chi connectivity index (χ1v) is 9.52. The summed E-state index contributed by atoms with van der Waals surface area (Å²) in [5.41, 5.74) is 1.14. The maximum absolute atomic E-state index is 13.0. The number of nitrogens with one attached hydrogen (secondary N) is 1. The van der Waals surface area contributed by atoms with Crippen LogP contribution in [0.3, 0.4) is 0 Å². The van der Waals surface area contributed by atoms with E-state index in [0.717, 1.165) is 10.4 Å². The highest BCUT2D eigenvalue weighted by atomic mass is 32.1. The van der Waals surface area contributed by atoms with Crippen molar-refractivity contribution in [2.45, 2.75) is 13.0 Å². The topological polar surface area (TPSA) is 79.2 Å². The van der Waals surface area contributed by atoms with Gasteiger partial charge in [-0.1, -0.05) is 12.1 Å². The van der Waals surface area contributed by atoms with Crippen molar-refractivity contribution < 1.29 is 18.7 Å². The molecule has 3 aromatic rings. The van der Waals surface area contributed by atoms with Crippen molar-refractivity contribution in [2.24, 2.45) is 0 Å². The van der Waals surface area contributed by atoms with Gasteiger partial charge in [0.1, 0.15) is 21.8 Å². The summed E-state index contributed by atoms with van der Waals surface area (Å²) in [4.78, 5) is 25.6. The van der Waals surface area contributed by atoms with E-state index in [0.29, 0.717) is 15.4 Å². The molecule has 0 aliphatic heterocycles. The van der Waals surface area contributed by atoms with Crippen LogP contribution >= 0.6 is 22.7 Å². The summed E-state index contributed by atoms with van der Waals surface area (Å²) >= 11 is 2.41. The quantitative estimate of drug-likeness (QED) is 0.631. The minimum atomic E-state index is -1.03. The summed E-state index contributed by atoms with van der Waals surface area (Å²) in [5, 5.41) is 13.7. The lowest BCUT2D eigenvalue weighted by molar-refractivity contribution is -0.123. The standard InChI is InChI=1S/C19H13FN2O3S2/c1-11(17(23)22-18-13(10-21)8-9-26-18)25-19(24)16-7-6-15(27-16)12-2-4-14(20)5-3-12/h2-9,11H,1H3,(H,22,23)/t11-/m1/s1. The summed E-state index contributed by atoms with van der Waals surface area (Å²) in [7, 11) is 0. The van der Waals surface area contributed by atoms with Gasteiger partial charge in [-0.15, -0.1) is 22.7 Å². The highest BCUT2D eigenvalue weighted by molar-refractivity contribution is 7.17. The third kappa shape index (κ3) is 4.39. The molecule has 1 amide bonds.